The van der Waals surface area contributed by atoms with Crippen LogP contribution in [0.5, 0.6) is 0 Å². The Hall–Kier alpha value is -2.48. The molecule has 4 rings (SSSR count). The van der Waals surface area contributed by atoms with Crippen molar-refractivity contribution in [2.24, 2.45) is 0 Å². The van der Waals surface area contributed by atoms with Gasteiger partial charge in [0.2, 0.25) is 0 Å². The average molecular weight is 397 g/mol. The highest BCUT2D eigenvalue weighted by molar-refractivity contribution is 7.10. The minimum Gasteiger partial charge on any atom is -0.355 e. The van der Waals surface area contributed by atoms with Crippen LogP contribution >= 0.6 is 11.3 Å². The fourth-order valence-corrected chi connectivity index (χ4v) is 4.29. The maximum atomic E-state index is 12.6. The van der Waals surface area contributed by atoms with E-state index in [9.17, 15) is 4.79 Å². The van der Waals surface area contributed by atoms with E-state index in [2.05, 4.69) is 44.8 Å². The number of amides is 1. The Kier molecular flexibility index (Phi) is 5.85. The van der Waals surface area contributed by atoms with Crippen molar-refractivity contribution >= 4 is 17.2 Å². The molecule has 7 heteroatoms. The van der Waals surface area contributed by atoms with Crippen molar-refractivity contribution in [3.63, 3.8) is 0 Å². The SMILES string of the molecule is CN1CCN(C(CNC(=O)c2cc(-c3ccccc3)on2)c2cccs2)CC1. The number of thiophene rings is 1. The quantitative estimate of drug-likeness (QED) is 0.694. The molecule has 3 aromatic rings. The van der Waals surface area contributed by atoms with E-state index in [1.165, 1.54) is 4.88 Å². The number of likely N-dealkylation sites (N-methyl/N-ethyl adjacent to an activating group) is 1. The van der Waals surface area contributed by atoms with Gasteiger partial charge in [-0.05, 0) is 18.5 Å². The Morgan fingerprint density at radius 1 is 1.18 bits per heavy atom. The lowest BCUT2D eigenvalue weighted by molar-refractivity contribution is 0.0882. The van der Waals surface area contributed by atoms with Crippen LogP contribution in [0.3, 0.4) is 0 Å². The molecule has 0 bridgehead atoms. The van der Waals surface area contributed by atoms with Gasteiger partial charge >= 0.3 is 0 Å². The standard InChI is InChI=1S/C21H24N4O2S/c1-24-9-11-25(12-10-24)18(20-8-5-13-28-20)15-22-21(26)17-14-19(27-23-17)16-6-3-2-4-7-16/h2-8,13-14,18H,9-12,15H2,1H3,(H,22,26). The molecule has 1 aliphatic rings. The largest absolute Gasteiger partial charge is 0.355 e. The lowest BCUT2D eigenvalue weighted by Gasteiger charge is -2.37. The van der Waals surface area contributed by atoms with Crippen molar-refractivity contribution in [1.82, 2.24) is 20.3 Å². The van der Waals surface area contributed by atoms with Crippen LogP contribution in [0, 0.1) is 0 Å². The number of carbonyl (C=O) groups is 1. The van der Waals surface area contributed by atoms with E-state index in [0.29, 0.717) is 18.0 Å². The molecule has 1 aromatic carbocycles. The van der Waals surface area contributed by atoms with Crippen LogP contribution < -0.4 is 5.32 Å². The first-order valence-corrected chi connectivity index (χ1v) is 10.3. The molecular formula is C21H24N4O2S. The monoisotopic (exact) mass is 396 g/mol. The number of benzene rings is 1. The van der Waals surface area contributed by atoms with Crippen LogP contribution in [-0.2, 0) is 0 Å². The second kappa shape index (κ2) is 8.68. The van der Waals surface area contributed by atoms with Crippen molar-refractivity contribution in [2.75, 3.05) is 39.8 Å². The summed E-state index contributed by atoms with van der Waals surface area (Å²) >= 11 is 1.73. The Morgan fingerprint density at radius 3 is 2.68 bits per heavy atom. The van der Waals surface area contributed by atoms with Crippen LogP contribution in [0.25, 0.3) is 11.3 Å². The summed E-state index contributed by atoms with van der Waals surface area (Å²) in [5, 5.41) is 9.09. The summed E-state index contributed by atoms with van der Waals surface area (Å²) in [4.78, 5) is 18.7. The topological polar surface area (TPSA) is 61.6 Å². The summed E-state index contributed by atoms with van der Waals surface area (Å²) in [5.41, 5.74) is 1.21. The molecule has 28 heavy (non-hydrogen) atoms. The second-order valence-electron chi connectivity index (χ2n) is 7.02. The third-order valence-corrected chi connectivity index (χ3v) is 6.08. The van der Waals surface area contributed by atoms with Gasteiger partial charge in [-0.15, -0.1) is 11.3 Å². The summed E-state index contributed by atoms with van der Waals surface area (Å²) in [6.07, 6.45) is 0. The zero-order chi connectivity index (χ0) is 19.3. The molecule has 0 aliphatic carbocycles. The van der Waals surface area contributed by atoms with Gasteiger partial charge in [-0.3, -0.25) is 9.69 Å². The van der Waals surface area contributed by atoms with Gasteiger partial charge in [0.15, 0.2) is 11.5 Å². The fourth-order valence-electron chi connectivity index (χ4n) is 3.42. The zero-order valence-electron chi connectivity index (χ0n) is 15.9. The van der Waals surface area contributed by atoms with Gasteiger partial charge in [0, 0.05) is 49.2 Å². The first-order chi connectivity index (χ1) is 13.7. The summed E-state index contributed by atoms with van der Waals surface area (Å²) < 4.78 is 5.35. The molecule has 0 radical (unpaired) electrons. The van der Waals surface area contributed by atoms with E-state index < -0.39 is 0 Å². The van der Waals surface area contributed by atoms with Crippen LogP contribution in [0.2, 0.25) is 0 Å². The normalized spacial score (nSPS) is 16.8. The molecule has 146 valence electrons. The van der Waals surface area contributed by atoms with Crippen molar-refractivity contribution in [3.8, 4) is 11.3 Å². The minimum absolute atomic E-state index is 0.179. The Balaban J connectivity index is 1.42. The molecule has 1 aliphatic heterocycles. The third kappa shape index (κ3) is 4.32. The smallest absolute Gasteiger partial charge is 0.273 e. The highest BCUT2D eigenvalue weighted by Gasteiger charge is 2.25. The highest BCUT2D eigenvalue weighted by atomic mass is 32.1. The minimum atomic E-state index is -0.207. The van der Waals surface area contributed by atoms with Crippen molar-refractivity contribution in [2.45, 2.75) is 6.04 Å². The van der Waals surface area contributed by atoms with Crippen LogP contribution in [0.1, 0.15) is 21.4 Å². The highest BCUT2D eigenvalue weighted by Crippen LogP contribution is 2.26. The van der Waals surface area contributed by atoms with E-state index in [4.69, 9.17) is 4.52 Å². The van der Waals surface area contributed by atoms with E-state index in [1.807, 2.05) is 30.3 Å². The molecule has 1 amide bonds. The number of rotatable bonds is 6. The molecule has 1 unspecified atom stereocenters. The average Bonchev–Trinajstić information content (AvgIpc) is 3.42. The first-order valence-electron chi connectivity index (χ1n) is 9.47. The van der Waals surface area contributed by atoms with E-state index in [0.717, 1.165) is 31.7 Å². The van der Waals surface area contributed by atoms with E-state index in [1.54, 1.807) is 17.4 Å². The molecule has 1 saturated heterocycles. The van der Waals surface area contributed by atoms with Gasteiger partial charge in [-0.2, -0.15) is 0 Å². The van der Waals surface area contributed by atoms with Gasteiger partial charge in [0.1, 0.15) is 0 Å². The van der Waals surface area contributed by atoms with Gasteiger partial charge in [-0.25, -0.2) is 0 Å². The molecule has 1 atom stereocenters. The molecule has 0 saturated carbocycles. The summed E-state index contributed by atoms with van der Waals surface area (Å²) in [7, 11) is 2.15. The van der Waals surface area contributed by atoms with Crippen LogP contribution in [0.15, 0.2) is 58.4 Å². The number of nitrogens with zero attached hydrogens (tertiary/aromatic N) is 3. The van der Waals surface area contributed by atoms with Crippen LogP contribution in [-0.4, -0.2) is 60.6 Å². The molecule has 3 heterocycles. The van der Waals surface area contributed by atoms with Crippen LogP contribution in [0.4, 0.5) is 0 Å². The Bertz CT molecular complexity index is 886. The maximum absolute atomic E-state index is 12.6. The van der Waals surface area contributed by atoms with E-state index in [-0.39, 0.29) is 11.9 Å². The number of hydrogen-bond acceptors (Lipinski definition) is 6. The molecule has 2 aromatic heterocycles. The van der Waals surface area contributed by atoms with Gasteiger partial charge in [0.25, 0.3) is 5.91 Å². The third-order valence-electron chi connectivity index (χ3n) is 5.11. The summed E-state index contributed by atoms with van der Waals surface area (Å²) in [5.74, 6) is 0.390. The number of piperazine rings is 1. The van der Waals surface area contributed by atoms with Gasteiger partial charge in [-0.1, -0.05) is 41.6 Å². The Morgan fingerprint density at radius 2 is 1.96 bits per heavy atom. The number of nitrogens with one attached hydrogen (secondary N) is 1. The lowest BCUT2D eigenvalue weighted by atomic mass is 10.1. The van der Waals surface area contributed by atoms with E-state index >= 15 is 0 Å². The maximum Gasteiger partial charge on any atom is 0.273 e. The van der Waals surface area contributed by atoms with Crippen molar-refractivity contribution in [1.29, 1.82) is 0 Å². The molecule has 1 N–H and O–H groups in total. The predicted octanol–water partition coefficient (Wildman–Crippen LogP) is 3.12. The number of carbonyl (C=O) groups excluding carboxylic acids is 1. The molecule has 1 fully saturated rings. The van der Waals surface area contributed by atoms with Crippen molar-refractivity contribution < 1.29 is 9.32 Å². The van der Waals surface area contributed by atoms with Gasteiger partial charge in [0.05, 0.1) is 6.04 Å². The Labute approximate surface area is 168 Å². The second-order valence-corrected chi connectivity index (χ2v) is 8.00. The zero-order valence-corrected chi connectivity index (χ0v) is 16.7. The summed E-state index contributed by atoms with van der Waals surface area (Å²) in [6, 6.07) is 15.7. The number of aromatic nitrogens is 1. The van der Waals surface area contributed by atoms with Crippen molar-refractivity contribution in [3.05, 3.63) is 64.5 Å². The molecule has 6 nitrogen and oxygen atoms in total. The van der Waals surface area contributed by atoms with Gasteiger partial charge < -0.3 is 14.7 Å². The molecular weight excluding hydrogens is 372 g/mol. The first kappa shape index (κ1) is 18.9. The lowest BCUT2D eigenvalue weighted by Crippen LogP contribution is -2.48. The predicted molar refractivity (Wildman–Crippen MR) is 110 cm³/mol. The summed E-state index contributed by atoms with van der Waals surface area (Å²) in [6.45, 7) is 4.63. The molecule has 0 spiro atoms. The number of hydrogen-bond donors (Lipinski definition) is 1. The fraction of sp³-hybridized carbons (Fsp3) is 0.333.